The lowest BCUT2D eigenvalue weighted by Crippen LogP contribution is -2.43. The monoisotopic (exact) mass is 296 g/mol. The first-order valence-electron chi connectivity index (χ1n) is 8.26. The zero-order chi connectivity index (χ0) is 15.2. The molecule has 2 amide bonds. The molecule has 120 valence electrons. The maximum Gasteiger partial charge on any atom is 0.247 e. The molecule has 0 spiro atoms. The van der Waals surface area contributed by atoms with Gasteiger partial charge in [-0.2, -0.15) is 0 Å². The SMILES string of the molecule is CC(C)CCOCCNC1CC(=O)N(C2CCCC2)C1=O. The van der Waals surface area contributed by atoms with E-state index in [1.54, 1.807) is 0 Å². The third-order valence-corrected chi connectivity index (χ3v) is 4.35. The van der Waals surface area contributed by atoms with Gasteiger partial charge in [-0.1, -0.05) is 26.7 Å². The maximum absolute atomic E-state index is 12.3. The summed E-state index contributed by atoms with van der Waals surface area (Å²) in [6.07, 6.45) is 5.57. The smallest absolute Gasteiger partial charge is 0.247 e. The minimum absolute atomic E-state index is 0.00914. The Labute approximate surface area is 127 Å². The van der Waals surface area contributed by atoms with Crippen molar-refractivity contribution in [2.45, 2.75) is 64.5 Å². The summed E-state index contributed by atoms with van der Waals surface area (Å²) in [5, 5.41) is 3.17. The second kappa shape index (κ2) is 7.90. The summed E-state index contributed by atoms with van der Waals surface area (Å²) >= 11 is 0. The number of ether oxygens (including phenoxy) is 1. The number of nitrogens with zero attached hydrogens (tertiary/aromatic N) is 1. The summed E-state index contributed by atoms with van der Waals surface area (Å²) in [6, 6.07) is -0.189. The molecule has 1 unspecified atom stereocenters. The normalized spacial score (nSPS) is 23.8. The van der Waals surface area contributed by atoms with E-state index in [4.69, 9.17) is 4.74 Å². The van der Waals surface area contributed by atoms with Crippen molar-refractivity contribution in [2.75, 3.05) is 19.8 Å². The van der Waals surface area contributed by atoms with Gasteiger partial charge < -0.3 is 10.1 Å². The van der Waals surface area contributed by atoms with Crippen LogP contribution in [0.1, 0.15) is 52.4 Å². The summed E-state index contributed by atoms with van der Waals surface area (Å²) in [7, 11) is 0. The van der Waals surface area contributed by atoms with Crippen LogP contribution in [0.15, 0.2) is 0 Å². The highest BCUT2D eigenvalue weighted by atomic mass is 16.5. The average Bonchev–Trinajstić information content (AvgIpc) is 3.02. The van der Waals surface area contributed by atoms with Crippen molar-refractivity contribution in [2.24, 2.45) is 5.92 Å². The Morgan fingerprint density at radius 2 is 1.95 bits per heavy atom. The summed E-state index contributed by atoms with van der Waals surface area (Å²) in [6.45, 7) is 6.31. The van der Waals surface area contributed by atoms with Crippen LogP contribution in [0.5, 0.6) is 0 Å². The van der Waals surface area contributed by atoms with Gasteiger partial charge in [0.15, 0.2) is 0 Å². The molecular weight excluding hydrogens is 268 g/mol. The summed E-state index contributed by atoms with van der Waals surface area (Å²) in [5.41, 5.74) is 0. The van der Waals surface area contributed by atoms with Crippen LogP contribution in [-0.4, -0.2) is 48.6 Å². The Morgan fingerprint density at radius 1 is 1.24 bits per heavy atom. The molecule has 1 N–H and O–H groups in total. The van der Waals surface area contributed by atoms with Gasteiger partial charge in [0.25, 0.3) is 0 Å². The topological polar surface area (TPSA) is 58.6 Å². The molecule has 1 saturated heterocycles. The zero-order valence-electron chi connectivity index (χ0n) is 13.3. The molecule has 1 heterocycles. The van der Waals surface area contributed by atoms with E-state index < -0.39 is 0 Å². The van der Waals surface area contributed by atoms with Crippen molar-refractivity contribution in [1.82, 2.24) is 10.2 Å². The molecular formula is C16H28N2O3. The number of amides is 2. The molecule has 21 heavy (non-hydrogen) atoms. The Bertz CT molecular complexity index is 365. The number of imide groups is 1. The first kappa shape index (κ1) is 16.4. The van der Waals surface area contributed by atoms with Crippen LogP contribution in [0.4, 0.5) is 0 Å². The summed E-state index contributed by atoms with van der Waals surface area (Å²) in [5.74, 6) is 0.603. The van der Waals surface area contributed by atoms with Crippen LogP contribution < -0.4 is 5.32 Å². The van der Waals surface area contributed by atoms with E-state index in [9.17, 15) is 9.59 Å². The van der Waals surface area contributed by atoms with Crippen molar-refractivity contribution in [3.8, 4) is 0 Å². The van der Waals surface area contributed by atoms with Gasteiger partial charge >= 0.3 is 0 Å². The molecule has 5 heteroatoms. The highest BCUT2D eigenvalue weighted by molar-refractivity contribution is 6.05. The molecule has 0 radical (unpaired) electrons. The van der Waals surface area contributed by atoms with Crippen molar-refractivity contribution in [3.05, 3.63) is 0 Å². The standard InChI is InChI=1S/C16H28N2O3/c1-12(2)7-9-21-10-8-17-14-11-15(19)18(16(14)20)13-5-3-4-6-13/h12-14,17H,3-11H2,1-2H3. The van der Waals surface area contributed by atoms with Crippen LogP contribution in [0.25, 0.3) is 0 Å². The van der Waals surface area contributed by atoms with E-state index in [0.717, 1.165) is 38.7 Å². The van der Waals surface area contributed by atoms with Crippen LogP contribution in [0.2, 0.25) is 0 Å². The van der Waals surface area contributed by atoms with Crippen LogP contribution in [0.3, 0.4) is 0 Å². The second-order valence-corrected chi connectivity index (χ2v) is 6.55. The van der Waals surface area contributed by atoms with E-state index in [0.29, 0.717) is 25.5 Å². The quantitative estimate of drug-likeness (QED) is 0.547. The van der Waals surface area contributed by atoms with E-state index in [-0.39, 0.29) is 23.9 Å². The Kier molecular flexibility index (Phi) is 6.18. The number of likely N-dealkylation sites (tertiary alicyclic amines) is 1. The van der Waals surface area contributed by atoms with E-state index in [1.165, 1.54) is 4.90 Å². The fraction of sp³-hybridized carbons (Fsp3) is 0.875. The third-order valence-electron chi connectivity index (χ3n) is 4.35. The van der Waals surface area contributed by atoms with Crippen molar-refractivity contribution in [3.63, 3.8) is 0 Å². The highest BCUT2D eigenvalue weighted by Crippen LogP contribution is 2.28. The lowest BCUT2D eigenvalue weighted by Gasteiger charge is -2.22. The zero-order valence-corrected chi connectivity index (χ0v) is 13.3. The predicted molar refractivity (Wildman–Crippen MR) is 80.8 cm³/mol. The minimum atomic E-state index is -0.341. The molecule has 0 aromatic heterocycles. The molecule has 5 nitrogen and oxygen atoms in total. The molecule has 2 aliphatic rings. The molecule has 0 aromatic carbocycles. The van der Waals surface area contributed by atoms with Gasteiger partial charge in [0.2, 0.25) is 11.8 Å². The van der Waals surface area contributed by atoms with Gasteiger partial charge in [0.05, 0.1) is 19.1 Å². The van der Waals surface area contributed by atoms with Gasteiger partial charge in [-0.25, -0.2) is 0 Å². The van der Waals surface area contributed by atoms with Crippen LogP contribution in [-0.2, 0) is 14.3 Å². The number of carbonyl (C=O) groups is 2. The molecule has 2 rings (SSSR count). The van der Waals surface area contributed by atoms with Crippen LogP contribution in [0, 0.1) is 5.92 Å². The van der Waals surface area contributed by atoms with Gasteiger partial charge in [-0.3, -0.25) is 14.5 Å². The minimum Gasteiger partial charge on any atom is -0.380 e. The third kappa shape index (κ3) is 4.51. The van der Waals surface area contributed by atoms with Gasteiger partial charge in [-0.05, 0) is 25.2 Å². The molecule has 1 aliphatic carbocycles. The summed E-state index contributed by atoms with van der Waals surface area (Å²) in [4.78, 5) is 25.9. The molecule has 2 fully saturated rings. The lowest BCUT2D eigenvalue weighted by molar-refractivity contribution is -0.141. The first-order chi connectivity index (χ1) is 10.1. The van der Waals surface area contributed by atoms with Crippen molar-refractivity contribution in [1.29, 1.82) is 0 Å². The first-order valence-corrected chi connectivity index (χ1v) is 8.26. The highest BCUT2D eigenvalue weighted by Gasteiger charge is 2.42. The Morgan fingerprint density at radius 3 is 2.62 bits per heavy atom. The molecule has 1 atom stereocenters. The van der Waals surface area contributed by atoms with E-state index in [1.807, 2.05) is 0 Å². The Hall–Kier alpha value is -0.940. The fourth-order valence-corrected chi connectivity index (χ4v) is 3.08. The number of nitrogens with one attached hydrogen (secondary N) is 1. The average molecular weight is 296 g/mol. The van der Waals surface area contributed by atoms with E-state index in [2.05, 4.69) is 19.2 Å². The number of hydrogen-bond donors (Lipinski definition) is 1. The fourth-order valence-electron chi connectivity index (χ4n) is 3.08. The van der Waals surface area contributed by atoms with Crippen molar-refractivity contribution >= 4 is 11.8 Å². The van der Waals surface area contributed by atoms with Crippen molar-refractivity contribution < 1.29 is 14.3 Å². The van der Waals surface area contributed by atoms with Crippen LogP contribution >= 0.6 is 0 Å². The molecule has 1 aliphatic heterocycles. The summed E-state index contributed by atoms with van der Waals surface area (Å²) < 4.78 is 5.52. The van der Waals surface area contributed by atoms with Gasteiger partial charge in [0.1, 0.15) is 0 Å². The Balaban J connectivity index is 1.67. The lowest BCUT2D eigenvalue weighted by atomic mass is 10.1. The van der Waals surface area contributed by atoms with E-state index >= 15 is 0 Å². The van der Waals surface area contributed by atoms with Gasteiger partial charge in [-0.15, -0.1) is 0 Å². The van der Waals surface area contributed by atoms with Gasteiger partial charge in [0, 0.05) is 19.2 Å². The number of hydrogen-bond acceptors (Lipinski definition) is 4. The molecule has 0 bridgehead atoms. The maximum atomic E-state index is 12.3. The molecule has 1 saturated carbocycles. The molecule has 0 aromatic rings. The predicted octanol–water partition coefficient (Wildman–Crippen LogP) is 1.71. The number of rotatable bonds is 8. The number of carbonyl (C=O) groups excluding carboxylic acids is 2. The second-order valence-electron chi connectivity index (χ2n) is 6.55. The largest absolute Gasteiger partial charge is 0.380 e.